The molecule has 2 nitrogen and oxygen atoms in total. The standard InChI is InChI=1S/C17H14N2S2/c1-13-17-12-16(14-8-4-2-5-9-14)20-21(17)19(18-13)15-10-6-3-7-11-15/h2-12,18H,1H2. The molecule has 2 heterocycles. The van der Waals surface area contributed by atoms with Crippen molar-refractivity contribution in [1.29, 1.82) is 0 Å². The van der Waals surface area contributed by atoms with E-state index in [0.717, 1.165) is 5.70 Å². The van der Waals surface area contributed by atoms with Crippen molar-refractivity contribution in [3.8, 4) is 0 Å². The average Bonchev–Trinajstić information content (AvgIpc) is 3.10. The van der Waals surface area contributed by atoms with Crippen LogP contribution in [-0.4, -0.2) is 4.86 Å². The zero-order chi connectivity index (χ0) is 14.2. The minimum absolute atomic E-state index is 0.0539. The molecule has 2 aromatic rings. The van der Waals surface area contributed by atoms with Gasteiger partial charge in [-0.3, -0.25) is 5.43 Å². The molecule has 104 valence electrons. The van der Waals surface area contributed by atoms with Gasteiger partial charge in [0.15, 0.2) is 0 Å². The van der Waals surface area contributed by atoms with Gasteiger partial charge in [0.2, 0.25) is 0 Å². The summed E-state index contributed by atoms with van der Waals surface area (Å²) in [4.78, 5) is 2.61. The lowest BCUT2D eigenvalue weighted by molar-refractivity contribution is 0.951. The molecule has 0 bridgehead atoms. The van der Waals surface area contributed by atoms with Crippen LogP contribution in [0.4, 0.5) is 5.69 Å². The molecule has 0 radical (unpaired) electrons. The quantitative estimate of drug-likeness (QED) is 0.496. The Balaban J connectivity index is 1.68. The van der Waals surface area contributed by atoms with E-state index in [1.54, 1.807) is 0 Å². The number of hydrogen-bond donors (Lipinski definition) is 1. The first-order valence-electron chi connectivity index (χ1n) is 6.71. The summed E-state index contributed by atoms with van der Waals surface area (Å²) in [5.41, 5.74) is 6.84. The Morgan fingerprint density at radius 3 is 2.33 bits per heavy atom. The van der Waals surface area contributed by atoms with Crippen molar-refractivity contribution >= 4 is 36.0 Å². The van der Waals surface area contributed by atoms with Crippen LogP contribution in [0.5, 0.6) is 0 Å². The smallest absolute Gasteiger partial charge is 0.0704 e. The van der Waals surface area contributed by atoms with E-state index in [1.807, 2.05) is 16.9 Å². The van der Waals surface area contributed by atoms with Crippen LogP contribution in [0, 0.1) is 0 Å². The Kier molecular flexibility index (Phi) is 3.13. The fraction of sp³-hybridized carbons (Fsp3) is 0. The van der Waals surface area contributed by atoms with Crippen molar-refractivity contribution in [2.45, 2.75) is 0 Å². The monoisotopic (exact) mass is 310 g/mol. The summed E-state index contributed by atoms with van der Waals surface area (Å²) >= 11 is 0. The maximum absolute atomic E-state index is 4.16. The van der Waals surface area contributed by atoms with E-state index in [2.05, 4.69) is 77.1 Å². The van der Waals surface area contributed by atoms with Crippen molar-refractivity contribution < 1.29 is 0 Å². The largest absolute Gasteiger partial charge is 0.287 e. The van der Waals surface area contributed by atoms with E-state index in [-0.39, 0.29) is 9.70 Å². The van der Waals surface area contributed by atoms with Crippen LogP contribution < -0.4 is 9.84 Å². The topological polar surface area (TPSA) is 15.3 Å². The Bertz CT molecular complexity index is 764. The van der Waals surface area contributed by atoms with Crippen LogP contribution in [0.3, 0.4) is 0 Å². The van der Waals surface area contributed by atoms with Gasteiger partial charge in [-0.1, -0.05) is 55.1 Å². The second kappa shape index (κ2) is 5.13. The molecule has 2 aromatic carbocycles. The van der Waals surface area contributed by atoms with Crippen molar-refractivity contribution in [1.82, 2.24) is 5.43 Å². The lowest BCUT2D eigenvalue weighted by Gasteiger charge is -2.22. The average molecular weight is 310 g/mol. The Labute approximate surface area is 130 Å². The molecule has 0 aromatic heterocycles. The highest BCUT2D eigenvalue weighted by Gasteiger charge is 2.30. The molecule has 21 heavy (non-hydrogen) atoms. The first-order valence-corrected chi connectivity index (χ1v) is 9.22. The van der Waals surface area contributed by atoms with Gasteiger partial charge in [-0.2, -0.15) is 0 Å². The van der Waals surface area contributed by atoms with E-state index in [0.29, 0.717) is 0 Å². The van der Waals surface area contributed by atoms with Gasteiger partial charge in [0, 0.05) is 14.6 Å². The van der Waals surface area contributed by atoms with Crippen molar-refractivity contribution in [2.24, 2.45) is 0 Å². The first kappa shape index (κ1) is 12.8. The number of para-hydroxylation sites is 1. The van der Waals surface area contributed by atoms with Gasteiger partial charge in [-0.15, -0.1) is 0 Å². The number of nitrogens with zero attached hydrogens (tertiary/aromatic N) is 1. The molecular weight excluding hydrogens is 296 g/mol. The van der Waals surface area contributed by atoms with Crippen LogP contribution in [0.2, 0.25) is 0 Å². The summed E-state index contributed by atoms with van der Waals surface area (Å²) in [7, 11) is 1.84. The Morgan fingerprint density at radius 1 is 0.952 bits per heavy atom. The predicted octanol–water partition coefficient (Wildman–Crippen LogP) is 4.58. The van der Waals surface area contributed by atoms with Crippen molar-refractivity contribution in [2.75, 3.05) is 4.41 Å². The molecule has 0 saturated carbocycles. The molecule has 0 spiro atoms. The zero-order valence-corrected chi connectivity index (χ0v) is 13.0. The van der Waals surface area contributed by atoms with Crippen LogP contribution in [-0.2, 0) is 0 Å². The SMILES string of the molecule is C=C1NN(c2ccccc2)S2=C1C=C(c1ccccc1)S2. The second-order valence-corrected chi connectivity index (χ2v) is 8.15. The third-order valence-electron chi connectivity index (χ3n) is 3.37. The number of hydrogen-bond acceptors (Lipinski definition) is 3. The minimum atomic E-state index is -0.0539. The summed E-state index contributed by atoms with van der Waals surface area (Å²) in [6, 6.07) is 21.0. The van der Waals surface area contributed by atoms with Crippen LogP contribution >= 0.6 is 20.5 Å². The molecule has 0 aliphatic carbocycles. The summed E-state index contributed by atoms with van der Waals surface area (Å²) in [6.07, 6.45) is 2.27. The van der Waals surface area contributed by atoms with Gasteiger partial charge in [0.25, 0.3) is 0 Å². The van der Waals surface area contributed by atoms with Gasteiger partial charge in [-0.05, 0) is 34.6 Å². The molecular formula is C17H14N2S2. The molecule has 0 amide bonds. The number of anilines is 1. The fourth-order valence-corrected chi connectivity index (χ4v) is 6.57. The van der Waals surface area contributed by atoms with Crippen molar-refractivity contribution in [3.63, 3.8) is 0 Å². The molecule has 2 aliphatic heterocycles. The van der Waals surface area contributed by atoms with Crippen LogP contribution in [0.1, 0.15) is 5.56 Å². The fourth-order valence-electron chi connectivity index (χ4n) is 2.33. The van der Waals surface area contributed by atoms with Crippen molar-refractivity contribution in [3.05, 3.63) is 84.6 Å². The summed E-state index contributed by atoms with van der Waals surface area (Å²) in [6.45, 7) is 4.16. The van der Waals surface area contributed by atoms with E-state index < -0.39 is 0 Å². The summed E-state index contributed by atoms with van der Waals surface area (Å²) in [5, 5.41) is 0. The molecule has 0 fully saturated rings. The highest BCUT2D eigenvalue weighted by atomic mass is 33.1. The Morgan fingerprint density at radius 2 is 1.62 bits per heavy atom. The lowest BCUT2D eigenvalue weighted by atomic mass is 10.2. The number of rotatable bonds is 2. The van der Waals surface area contributed by atoms with Gasteiger partial charge < -0.3 is 0 Å². The third kappa shape index (κ3) is 2.20. The Hall–Kier alpha value is -1.91. The highest BCUT2D eigenvalue weighted by molar-refractivity contribution is 8.88. The first-order chi connectivity index (χ1) is 10.3. The molecule has 2 aliphatic rings. The minimum Gasteiger partial charge on any atom is -0.287 e. The zero-order valence-electron chi connectivity index (χ0n) is 11.3. The number of allylic oxidation sites excluding steroid dienone is 1. The second-order valence-electron chi connectivity index (χ2n) is 4.79. The van der Waals surface area contributed by atoms with Gasteiger partial charge in [0.1, 0.15) is 0 Å². The molecule has 1 N–H and O–H groups in total. The molecule has 1 atom stereocenters. The van der Waals surface area contributed by atoms with E-state index >= 15 is 0 Å². The van der Waals surface area contributed by atoms with Crippen LogP contribution in [0.15, 0.2) is 79.0 Å². The van der Waals surface area contributed by atoms with Crippen LogP contribution in [0.25, 0.3) is 4.91 Å². The highest BCUT2D eigenvalue weighted by Crippen LogP contribution is 2.54. The predicted molar refractivity (Wildman–Crippen MR) is 95.8 cm³/mol. The molecule has 4 rings (SSSR count). The number of hydrazine groups is 1. The third-order valence-corrected chi connectivity index (χ3v) is 7.43. The molecule has 1 unspecified atom stereocenters. The maximum Gasteiger partial charge on any atom is 0.0704 e. The number of benzene rings is 2. The molecule has 0 saturated heterocycles. The van der Waals surface area contributed by atoms with Gasteiger partial charge in [-0.25, -0.2) is 4.41 Å². The normalized spacial score (nSPS) is 20.3. The van der Waals surface area contributed by atoms with Gasteiger partial charge in [0.05, 0.1) is 16.2 Å². The summed E-state index contributed by atoms with van der Waals surface area (Å²) in [5.74, 6) is 0. The van der Waals surface area contributed by atoms with E-state index in [9.17, 15) is 0 Å². The van der Waals surface area contributed by atoms with E-state index in [4.69, 9.17) is 0 Å². The van der Waals surface area contributed by atoms with E-state index in [1.165, 1.54) is 21.0 Å². The summed E-state index contributed by atoms with van der Waals surface area (Å²) < 4.78 is 2.22. The lowest BCUT2D eigenvalue weighted by Crippen LogP contribution is -2.26. The maximum atomic E-state index is 4.16. The number of nitrogens with one attached hydrogen (secondary N) is 1. The molecule has 4 heteroatoms. The van der Waals surface area contributed by atoms with Gasteiger partial charge >= 0.3 is 0 Å².